The lowest BCUT2D eigenvalue weighted by Crippen LogP contribution is -2.02. The zero-order valence-electron chi connectivity index (χ0n) is 7.43. The summed E-state index contributed by atoms with van der Waals surface area (Å²) in [5.74, 6) is 0.801. The normalized spacial score (nSPS) is 10.2. The number of rotatable bonds is 3. The molecule has 0 aliphatic carbocycles. The smallest absolute Gasteiger partial charge is 0.188 e. The summed E-state index contributed by atoms with van der Waals surface area (Å²) in [7, 11) is 1.59. The Morgan fingerprint density at radius 3 is 2.77 bits per heavy atom. The molecule has 1 aromatic rings. The second kappa shape index (κ2) is 5.02. The Bertz CT molecular complexity index is 302. The fourth-order valence-corrected chi connectivity index (χ4v) is 1.82. The van der Waals surface area contributed by atoms with E-state index >= 15 is 0 Å². The molecule has 0 atom stereocenters. The Hall–Kier alpha value is -0.0000000000000000555. The average Bonchev–Trinajstić information content (AvgIpc) is 2.12. The molecule has 0 heterocycles. The maximum Gasteiger partial charge on any atom is 0.188 e. The van der Waals surface area contributed by atoms with E-state index in [1.54, 1.807) is 7.11 Å². The van der Waals surface area contributed by atoms with Gasteiger partial charge in [-0.25, -0.2) is 0 Å². The van der Waals surface area contributed by atoms with Crippen LogP contribution in [0.3, 0.4) is 0 Å². The van der Waals surface area contributed by atoms with Crippen molar-refractivity contribution in [2.24, 2.45) is 0 Å². The van der Waals surface area contributed by atoms with Gasteiger partial charge in [-0.1, -0.05) is 11.6 Å². The molecule has 0 bridgehead atoms. The molecule has 4 heteroatoms. The minimum atomic E-state index is 0.247. The molecule has 0 N–H and O–H groups in total. The predicted molar refractivity (Wildman–Crippen MR) is 61.4 cm³/mol. The van der Waals surface area contributed by atoms with E-state index < -0.39 is 0 Å². The van der Waals surface area contributed by atoms with Gasteiger partial charge in [0.15, 0.2) is 6.79 Å². The molecule has 0 amide bonds. The fraction of sp³-hybridized carbons (Fsp3) is 0.333. The van der Waals surface area contributed by atoms with E-state index in [9.17, 15) is 0 Å². The van der Waals surface area contributed by atoms with Crippen LogP contribution in [0.25, 0.3) is 0 Å². The Morgan fingerprint density at radius 2 is 2.15 bits per heavy atom. The molecule has 0 saturated carbocycles. The van der Waals surface area contributed by atoms with Crippen molar-refractivity contribution >= 4 is 34.2 Å². The van der Waals surface area contributed by atoms with Crippen LogP contribution in [0.15, 0.2) is 12.1 Å². The zero-order valence-corrected chi connectivity index (χ0v) is 10.3. The third kappa shape index (κ3) is 2.72. The van der Waals surface area contributed by atoms with Crippen LogP contribution in [0.1, 0.15) is 5.56 Å². The lowest BCUT2D eigenvalue weighted by molar-refractivity contribution is 0.0500. The van der Waals surface area contributed by atoms with Crippen molar-refractivity contribution in [3.05, 3.63) is 26.3 Å². The highest BCUT2D eigenvalue weighted by molar-refractivity contribution is 14.1. The Balaban J connectivity index is 2.96. The van der Waals surface area contributed by atoms with Crippen molar-refractivity contribution in [1.82, 2.24) is 0 Å². The topological polar surface area (TPSA) is 18.5 Å². The van der Waals surface area contributed by atoms with Gasteiger partial charge in [0.25, 0.3) is 0 Å². The van der Waals surface area contributed by atoms with Gasteiger partial charge >= 0.3 is 0 Å². The van der Waals surface area contributed by atoms with Gasteiger partial charge in [0, 0.05) is 17.7 Å². The summed E-state index contributed by atoms with van der Waals surface area (Å²) in [6, 6.07) is 3.78. The molecule has 0 radical (unpaired) electrons. The van der Waals surface area contributed by atoms with Gasteiger partial charge < -0.3 is 9.47 Å². The molecular weight excluding hydrogens is 302 g/mol. The second-order valence-corrected chi connectivity index (χ2v) is 4.10. The molecule has 0 unspecified atom stereocenters. The summed E-state index contributed by atoms with van der Waals surface area (Å²) in [6.07, 6.45) is 0. The highest BCUT2D eigenvalue weighted by Crippen LogP contribution is 2.30. The van der Waals surface area contributed by atoms with E-state index in [2.05, 4.69) is 22.6 Å². The number of benzene rings is 1. The van der Waals surface area contributed by atoms with Crippen molar-refractivity contribution in [3.8, 4) is 5.75 Å². The van der Waals surface area contributed by atoms with Crippen LogP contribution < -0.4 is 4.74 Å². The minimum Gasteiger partial charge on any atom is -0.466 e. The third-order valence-electron chi connectivity index (χ3n) is 1.61. The number of hydrogen-bond donors (Lipinski definition) is 0. The monoisotopic (exact) mass is 312 g/mol. The van der Waals surface area contributed by atoms with Crippen molar-refractivity contribution in [3.63, 3.8) is 0 Å². The Kier molecular flexibility index (Phi) is 4.28. The molecule has 0 aromatic heterocycles. The Labute approximate surface area is 96.3 Å². The van der Waals surface area contributed by atoms with Gasteiger partial charge in [-0.15, -0.1) is 0 Å². The first-order valence-electron chi connectivity index (χ1n) is 3.73. The largest absolute Gasteiger partial charge is 0.466 e. The highest BCUT2D eigenvalue weighted by Gasteiger charge is 2.07. The van der Waals surface area contributed by atoms with Crippen LogP contribution in [0, 0.1) is 10.5 Å². The molecule has 0 saturated heterocycles. The summed E-state index contributed by atoms with van der Waals surface area (Å²) in [4.78, 5) is 0. The molecule has 72 valence electrons. The van der Waals surface area contributed by atoms with Gasteiger partial charge in [-0.2, -0.15) is 0 Å². The zero-order chi connectivity index (χ0) is 9.84. The van der Waals surface area contributed by atoms with Crippen molar-refractivity contribution < 1.29 is 9.47 Å². The molecule has 0 aliphatic heterocycles. The standard InChI is InChI=1S/C9H10ClIO2/c1-6-7(10)3-4-8(11)9(6)13-5-12-2/h3-4H,5H2,1-2H3. The van der Waals surface area contributed by atoms with E-state index in [4.69, 9.17) is 21.1 Å². The van der Waals surface area contributed by atoms with E-state index in [0.717, 1.165) is 14.9 Å². The molecule has 1 rings (SSSR count). The van der Waals surface area contributed by atoms with Crippen molar-refractivity contribution in [2.75, 3.05) is 13.9 Å². The van der Waals surface area contributed by atoms with Crippen LogP contribution in [0.2, 0.25) is 5.02 Å². The molecule has 0 spiro atoms. The van der Waals surface area contributed by atoms with E-state index in [0.29, 0.717) is 5.02 Å². The molecule has 0 aliphatic rings. The maximum absolute atomic E-state index is 5.94. The fourth-order valence-electron chi connectivity index (χ4n) is 0.930. The summed E-state index contributed by atoms with van der Waals surface area (Å²) in [6.45, 7) is 2.17. The second-order valence-electron chi connectivity index (χ2n) is 2.53. The van der Waals surface area contributed by atoms with Crippen LogP contribution in [0.5, 0.6) is 5.75 Å². The molecule has 1 aromatic carbocycles. The van der Waals surface area contributed by atoms with Crippen molar-refractivity contribution in [1.29, 1.82) is 0 Å². The molecular formula is C9H10ClIO2. The summed E-state index contributed by atoms with van der Waals surface area (Å²) in [5.41, 5.74) is 0.950. The first-order valence-corrected chi connectivity index (χ1v) is 5.19. The van der Waals surface area contributed by atoms with Gasteiger partial charge in [0.05, 0.1) is 3.57 Å². The van der Waals surface area contributed by atoms with Gasteiger partial charge in [0.2, 0.25) is 0 Å². The van der Waals surface area contributed by atoms with Gasteiger partial charge in [0.1, 0.15) is 5.75 Å². The van der Waals surface area contributed by atoms with Crippen LogP contribution in [-0.4, -0.2) is 13.9 Å². The minimum absolute atomic E-state index is 0.247. The lowest BCUT2D eigenvalue weighted by Gasteiger charge is -2.10. The van der Waals surface area contributed by atoms with Crippen LogP contribution in [-0.2, 0) is 4.74 Å². The average molecular weight is 313 g/mol. The number of hydrogen-bond acceptors (Lipinski definition) is 2. The maximum atomic E-state index is 5.94. The Morgan fingerprint density at radius 1 is 1.46 bits per heavy atom. The molecule has 2 nitrogen and oxygen atoms in total. The van der Waals surface area contributed by atoms with E-state index in [1.807, 2.05) is 19.1 Å². The summed E-state index contributed by atoms with van der Waals surface area (Å²) >= 11 is 8.14. The summed E-state index contributed by atoms with van der Waals surface area (Å²) in [5, 5.41) is 0.714. The number of halogens is 2. The van der Waals surface area contributed by atoms with E-state index in [-0.39, 0.29) is 6.79 Å². The predicted octanol–water partition coefficient (Wildman–Crippen LogP) is 3.24. The van der Waals surface area contributed by atoms with Crippen LogP contribution >= 0.6 is 34.2 Å². The van der Waals surface area contributed by atoms with Gasteiger partial charge in [-0.3, -0.25) is 0 Å². The van der Waals surface area contributed by atoms with E-state index in [1.165, 1.54) is 0 Å². The van der Waals surface area contributed by atoms with Crippen molar-refractivity contribution in [2.45, 2.75) is 6.92 Å². The van der Waals surface area contributed by atoms with Crippen LogP contribution in [0.4, 0.5) is 0 Å². The highest BCUT2D eigenvalue weighted by atomic mass is 127. The summed E-state index contributed by atoms with van der Waals surface area (Å²) < 4.78 is 11.2. The first-order chi connectivity index (χ1) is 6.16. The first kappa shape index (κ1) is 11.1. The lowest BCUT2D eigenvalue weighted by atomic mass is 10.2. The number of methoxy groups -OCH3 is 1. The third-order valence-corrected chi connectivity index (χ3v) is 2.87. The SMILES string of the molecule is COCOc1c(I)ccc(Cl)c1C. The number of ether oxygens (including phenoxy) is 2. The molecule has 0 fully saturated rings. The quantitative estimate of drug-likeness (QED) is 0.630. The van der Waals surface area contributed by atoms with Gasteiger partial charge in [-0.05, 0) is 41.6 Å². The molecule has 13 heavy (non-hydrogen) atoms.